The maximum absolute atomic E-state index is 11.1. The molecule has 1 aromatic carbocycles. The summed E-state index contributed by atoms with van der Waals surface area (Å²) in [6.45, 7) is 2.23. The number of phenolic OH excluding ortho intramolecular Hbond substituents is 1. The first kappa shape index (κ1) is 18.4. The van der Waals surface area contributed by atoms with Crippen LogP contribution in [-0.2, 0) is 6.42 Å². The fourth-order valence-electron chi connectivity index (χ4n) is 7.20. The van der Waals surface area contributed by atoms with Gasteiger partial charge in [0.1, 0.15) is 17.1 Å². The van der Waals surface area contributed by atoms with Crippen LogP contribution in [0.15, 0.2) is 12.1 Å². The molecule has 0 amide bonds. The molecule has 150 valence electrons. The van der Waals surface area contributed by atoms with Crippen LogP contribution in [0.5, 0.6) is 11.5 Å². The van der Waals surface area contributed by atoms with E-state index in [1.54, 1.807) is 0 Å². The number of aryl methyl sites for hydroxylation is 1. The molecule has 0 spiro atoms. The van der Waals surface area contributed by atoms with Gasteiger partial charge in [-0.25, -0.2) is 0 Å². The minimum atomic E-state index is -0.957. The second-order valence-corrected chi connectivity index (χ2v) is 9.96. The highest BCUT2D eigenvalue weighted by Gasteiger charge is 2.61. The summed E-state index contributed by atoms with van der Waals surface area (Å²) in [6.07, 6.45) is 16.6. The average molecular weight is 381 g/mol. The highest BCUT2D eigenvalue weighted by Crippen LogP contribution is 2.65. The summed E-state index contributed by atoms with van der Waals surface area (Å²) in [5.41, 5.74) is 1.48. The number of ether oxygens (including phenoxy) is 1. The molecule has 5 rings (SSSR count). The zero-order valence-corrected chi connectivity index (χ0v) is 16.9. The van der Waals surface area contributed by atoms with Crippen LogP contribution in [-0.4, -0.2) is 21.9 Å². The van der Waals surface area contributed by atoms with E-state index in [-0.39, 0.29) is 11.5 Å². The Hall–Kier alpha value is -1.66. The number of terminal acetylenes is 1. The molecule has 0 heterocycles. The molecule has 1 unspecified atom stereocenters. The van der Waals surface area contributed by atoms with Gasteiger partial charge in [-0.15, -0.1) is 6.42 Å². The normalized spacial score (nSPS) is 39.7. The van der Waals surface area contributed by atoms with Crippen molar-refractivity contribution in [1.82, 2.24) is 0 Å². The number of benzene rings is 1. The van der Waals surface area contributed by atoms with Gasteiger partial charge in [-0.1, -0.05) is 12.8 Å². The molecule has 0 aromatic heterocycles. The van der Waals surface area contributed by atoms with Crippen molar-refractivity contribution in [3.8, 4) is 23.8 Å². The van der Waals surface area contributed by atoms with E-state index in [4.69, 9.17) is 11.2 Å². The third-order valence-corrected chi connectivity index (χ3v) is 8.75. The molecule has 3 fully saturated rings. The Morgan fingerprint density at radius 3 is 2.64 bits per heavy atom. The number of aromatic hydroxyl groups is 1. The van der Waals surface area contributed by atoms with Crippen LogP contribution >= 0.6 is 0 Å². The van der Waals surface area contributed by atoms with E-state index < -0.39 is 5.60 Å². The van der Waals surface area contributed by atoms with Gasteiger partial charge in [-0.2, -0.15) is 0 Å². The molecule has 3 heteroatoms. The Kier molecular flexibility index (Phi) is 4.22. The lowest BCUT2D eigenvalue weighted by molar-refractivity contribution is -0.0649. The molecule has 0 saturated heterocycles. The highest BCUT2D eigenvalue weighted by molar-refractivity contribution is 5.50. The van der Waals surface area contributed by atoms with Gasteiger partial charge in [-0.3, -0.25) is 0 Å². The van der Waals surface area contributed by atoms with E-state index >= 15 is 0 Å². The highest BCUT2D eigenvalue weighted by atomic mass is 16.5. The summed E-state index contributed by atoms with van der Waals surface area (Å²) in [6, 6.07) is 3.80. The lowest BCUT2D eigenvalue weighted by Crippen LogP contribution is -2.50. The lowest BCUT2D eigenvalue weighted by atomic mass is 9.53. The molecule has 3 nitrogen and oxygen atoms in total. The molecule has 0 bridgehead atoms. The Balaban J connectivity index is 1.51. The van der Waals surface area contributed by atoms with Crippen molar-refractivity contribution in [3.63, 3.8) is 0 Å². The maximum Gasteiger partial charge on any atom is 0.130 e. The standard InChI is InChI=1S/C25H32O3/c1-3-25(27)13-11-21-19-9-8-16-14-17(26)15-22(28-18-6-4-5-7-18)23(16)20(19)10-12-24(21,25)2/h1,14-15,18-21,26-27H,4-13H2,2H3/t19-,20+,21+,24?,25+/m1/s1. The second kappa shape index (κ2) is 6.42. The second-order valence-electron chi connectivity index (χ2n) is 9.96. The predicted octanol–water partition coefficient (Wildman–Crippen LogP) is 4.93. The minimum absolute atomic E-state index is 0.177. The molecule has 4 aliphatic rings. The van der Waals surface area contributed by atoms with E-state index in [1.165, 1.54) is 24.0 Å². The van der Waals surface area contributed by atoms with E-state index in [2.05, 4.69) is 12.8 Å². The van der Waals surface area contributed by atoms with E-state index in [1.807, 2.05) is 12.1 Å². The van der Waals surface area contributed by atoms with Crippen molar-refractivity contribution >= 4 is 0 Å². The van der Waals surface area contributed by atoms with Crippen molar-refractivity contribution < 1.29 is 14.9 Å². The van der Waals surface area contributed by atoms with Gasteiger partial charge >= 0.3 is 0 Å². The van der Waals surface area contributed by atoms with Crippen LogP contribution in [0, 0.1) is 29.6 Å². The van der Waals surface area contributed by atoms with Crippen molar-refractivity contribution in [2.45, 2.75) is 88.8 Å². The van der Waals surface area contributed by atoms with Gasteiger partial charge in [0.15, 0.2) is 0 Å². The van der Waals surface area contributed by atoms with Crippen molar-refractivity contribution in [2.24, 2.45) is 17.3 Å². The number of fused-ring (bicyclic) bond motifs is 5. The summed E-state index contributed by atoms with van der Waals surface area (Å²) < 4.78 is 6.46. The van der Waals surface area contributed by atoms with Crippen LogP contribution in [0.3, 0.4) is 0 Å². The Bertz CT molecular complexity index is 818. The van der Waals surface area contributed by atoms with Crippen LogP contribution < -0.4 is 4.74 Å². The average Bonchev–Trinajstić information content (AvgIpc) is 3.28. The van der Waals surface area contributed by atoms with Gasteiger partial charge < -0.3 is 14.9 Å². The van der Waals surface area contributed by atoms with Crippen molar-refractivity contribution in [3.05, 3.63) is 23.3 Å². The van der Waals surface area contributed by atoms with E-state index in [0.29, 0.717) is 23.5 Å². The number of phenols is 1. The van der Waals surface area contributed by atoms with Crippen molar-refractivity contribution in [2.75, 3.05) is 0 Å². The molecule has 0 radical (unpaired) electrons. The quantitative estimate of drug-likeness (QED) is 0.715. The lowest BCUT2D eigenvalue weighted by Gasteiger charge is -2.52. The van der Waals surface area contributed by atoms with Gasteiger partial charge in [0.05, 0.1) is 6.10 Å². The zero-order valence-electron chi connectivity index (χ0n) is 16.9. The largest absolute Gasteiger partial charge is 0.508 e. The number of hydrogen-bond acceptors (Lipinski definition) is 3. The van der Waals surface area contributed by atoms with Crippen LogP contribution in [0.4, 0.5) is 0 Å². The van der Waals surface area contributed by atoms with Gasteiger partial charge in [0.25, 0.3) is 0 Å². The SMILES string of the molecule is C#C[C@]1(O)CC[C@H]2[C@@H]3CCc4cc(O)cc(OC5CCCC5)c4[C@H]3CCC21C. The van der Waals surface area contributed by atoms with Crippen LogP contribution in [0.2, 0.25) is 0 Å². The Morgan fingerprint density at radius 1 is 1.11 bits per heavy atom. The van der Waals surface area contributed by atoms with Gasteiger partial charge in [-0.05, 0) is 93.6 Å². The molecule has 3 saturated carbocycles. The topological polar surface area (TPSA) is 49.7 Å². The number of aliphatic hydroxyl groups is 1. The number of hydrogen-bond donors (Lipinski definition) is 2. The third kappa shape index (κ3) is 2.53. The summed E-state index contributed by atoms with van der Waals surface area (Å²) in [5, 5.41) is 21.4. The smallest absolute Gasteiger partial charge is 0.130 e. The third-order valence-electron chi connectivity index (χ3n) is 8.75. The molecule has 0 aliphatic heterocycles. The van der Waals surface area contributed by atoms with Gasteiger partial charge in [0, 0.05) is 17.0 Å². The fourth-order valence-corrected chi connectivity index (χ4v) is 7.20. The maximum atomic E-state index is 11.1. The van der Waals surface area contributed by atoms with Crippen molar-refractivity contribution in [1.29, 1.82) is 0 Å². The molecule has 4 aliphatic carbocycles. The summed E-state index contributed by atoms with van der Waals surface area (Å²) >= 11 is 0. The molecule has 2 N–H and O–H groups in total. The Labute approximate surface area is 168 Å². The zero-order chi connectivity index (χ0) is 19.5. The first-order chi connectivity index (χ1) is 13.4. The first-order valence-electron chi connectivity index (χ1n) is 11.2. The molecule has 5 atom stereocenters. The molecular weight excluding hydrogens is 348 g/mol. The molecular formula is C25H32O3. The predicted molar refractivity (Wildman–Crippen MR) is 109 cm³/mol. The molecule has 1 aromatic rings. The molecule has 28 heavy (non-hydrogen) atoms. The minimum Gasteiger partial charge on any atom is -0.508 e. The van der Waals surface area contributed by atoms with E-state index in [0.717, 1.165) is 57.1 Å². The fraction of sp³-hybridized carbons (Fsp3) is 0.680. The number of rotatable bonds is 2. The van der Waals surface area contributed by atoms with Crippen LogP contribution in [0.1, 0.15) is 81.8 Å². The van der Waals surface area contributed by atoms with Gasteiger partial charge in [0.2, 0.25) is 0 Å². The van der Waals surface area contributed by atoms with E-state index in [9.17, 15) is 10.2 Å². The summed E-state index contributed by atoms with van der Waals surface area (Å²) in [5.74, 6) is 5.48. The summed E-state index contributed by atoms with van der Waals surface area (Å²) in [4.78, 5) is 0. The first-order valence-corrected chi connectivity index (χ1v) is 11.2. The monoisotopic (exact) mass is 380 g/mol. The van der Waals surface area contributed by atoms with Crippen LogP contribution in [0.25, 0.3) is 0 Å². The summed E-state index contributed by atoms with van der Waals surface area (Å²) in [7, 11) is 0. The Morgan fingerprint density at radius 2 is 1.89 bits per heavy atom.